The SMILES string of the molecule is Cn1ccc2c(NC(=O)N3CCCC(C(=O)Nc4ccc(Cl)cn4)C3)cccc2c1=O. The van der Waals surface area contributed by atoms with Crippen LogP contribution >= 0.6 is 11.6 Å². The van der Waals surface area contributed by atoms with Crippen molar-refractivity contribution < 1.29 is 9.59 Å². The van der Waals surface area contributed by atoms with E-state index in [9.17, 15) is 14.4 Å². The van der Waals surface area contributed by atoms with E-state index in [0.29, 0.717) is 46.8 Å². The summed E-state index contributed by atoms with van der Waals surface area (Å²) in [4.78, 5) is 43.6. The molecule has 31 heavy (non-hydrogen) atoms. The molecule has 1 aromatic carbocycles. The van der Waals surface area contributed by atoms with Crippen molar-refractivity contribution in [2.75, 3.05) is 23.7 Å². The third-order valence-electron chi connectivity index (χ3n) is 5.42. The van der Waals surface area contributed by atoms with E-state index in [1.54, 1.807) is 54.5 Å². The first-order chi connectivity index (χ1) is 14.9. The molecule has 160 valence electrons. The van der Waals surface area contributed by atoms with Crippen molar-refractivity contribution in [1.82, 2.24) is 14.5 Å². The van der Waals surface area contributed by atoms with E-state index in [-0.39, 0.29) is 23.4 Å². The Morgan fingerprint density at radius 2 is 1.97 bits per heavy atom. The van der Waals surface area contributed by atoms with Crippen molar-refractivity contribution in [3.05, 3.63) is 64.2 Å². The molecule has 0 radical (unpaired) electrons. The second-order valence-corrected chi connectivity index (χ2v) is 8.00. The van der Waals surface area contributed by atoms with E-state index in [1.165, 1.54) is 10.8 Å². The number of anilines is 2. The smallest absolute Gasteiger partial charge is 0.321 e. The van der Waals surface area contributed by atoms with E-state index >= 15 is 0 Å². The molecule has 0 aliphatic carbocycles. The van der Waals surface area contributed by atoms with Gasteiger partial charge in [0.1, 0.15) is 5.82 Å². The van der Waals surface area contributed by atoms with E-state index in [2.05, 4.69) is 15.6 Å². The molecule has 1 atom stereocenters. The highest BCUT2D eigenvalue weighted by Gasteiger charge is 2.29. The summed E-state index contributed by atoms with van der Waals surface area (Å²) in [6.07, 6.45) is 4.55. The van der Waals surface area contributed by atoms with E-state index in [1.807, 2.05) is 0 Å². The molecule has 0 spiro atoms. The summed E-state index contributed by atoms with van der Waals surface area (Å²) in [5.41, 5.74) is 0.441. The Hall–Kier alpha value is -3.39. The number of aryl methyl sites for hydroxylation is 1. The van der Waals surface area contributed by atoms with Crippen LogP contribution in [0.4, 0.5) is 16.3 Å². The molecule has 1 saturated heterocycles. The van der Waals surface area contributed by atoms with Gasteiger partial charge in [0, 0.05) is 43.3 Å². The van der Waals surface area contributed by atoms with Crippen LogP contribution in [0.3, 0.4) is 0 Å². The minimum Gasteiger partial charge on any atom is -0.324 e. The molecular weight excluding hydrogens is 418 g/mol. The van der Waals surface area contributed by atoms with Gasteiger partial charge in [0.05, 0.1) is 16.6 Å². The predicted molar refractivity (Wildman–Crippen MR) is 120 cm³/mol. The summed E-state index contributed by atoms with van der Waals surface area (Å²) in [5, 5.41) is 7.38. The topological polar surface area (TPSA) is 96.3 Å². The van der Waals surface area contributed by atoms with Crippen LogP contribution in [0.25, 0.3) is 10.8 Å². The molecule has 9 heteroatoms. The molecule has 8 nitrogen and oxygen atoms in total. The molecule has 0 saturated carbocycles. The number of hydrogen-bond acceptors (Lipinski definition) is 4. The largest absolute Gasteiger partial charge is 0.324 e. The number of aromatic nitrogens is 2. The predicted octanol–water partition coefficient (Wildman–Crippen LogP) is 3.47. The van der Waals surface area contributed by atoms with Gasteiger partial charge in [-0.25, -0.2) is 9.78 Å². The van der Waals surface area contributed by atoms with Crippen LogP contribution < -0.4 is 16.2 Å². The number of piperidine rings is 1. The molecule has 4 rings (SSSR count). The monoisotopic (exact) mass is 439 g/mol. The van der Waals surface area contributed by atoms with Gasteiger partial charge in [-0.05, 0) is 43.2 Å². The summed E-state index contributed by atoms with van der Waals surface area (Å²) in [6, 6.07) is 10.0. The number of amides is 3. The van der Waals surface area contributed by atoms with Gasteiger partial charge in [-0.15, -0.1) is 0 Å². The van der Waals surface area contributed by atoms with Crippen molar-refractivity contribution in [2.24, 2.45) is 13.0 Å². The molecular formula is C22H22ClN5O3. The standard InChI is InChI=1S/C22H22ClN5O3/c1-27-11-9-16-17(21(27)30)5-2-6-18(16)25-22(31)28-10-3-4-14(13-28)20(29)26-19-8-7-15(23)12-24-19/h2,5-9,11-12,14H,3-4,10,13H2,1H3,(H,25,31)(H,24,26,29). The van der Waals surface area contributed by atoms with Gasteiger partial charge >= 0.3 is 6.03 Å². The van der Waals surface area contributed by atoms with Gasteiger partial charge in [-0.2, -0.15) is 0 Å². The number of halogens is 1. The van der Waals surface area contributed by atoms with Crippen molar-refractivity contribution in [1.29, 1.82) is 0 Å². The number of carbonyl (C=O) groups excluding carboxylic acids is 2. The van der Waals surface area contributed by atoms with Crippen LogP contribution in [-0.2, 0) is 11.8 Å². The first kappa shape index (κ1) is 20.9. The first-order valence-electron chi connectivity index (χ1n) is 9.99. The molecule has 3 aromatic rings. The molecule has 1 aliphatic rings. The lowest BCUT2D eigenvalue weighted by molar-refractivity contribution is -0.121. The quantitative estimate of drug-likeness (QED) is 0.653. The number of carbonyl (C=O) groups is 2. The Balaban J connectivity index is 1.45. The summed E-state index contributed by atoms with van der Waals surface area (Å²) in [5.74, 6) is -0.0916. The molecule has 3 heterocycles. The molecule has 1 aliphatic heterocycles. The van der Waals surface area contributed by atoms with Gasteiger partial charge in [-0.3, -0.25) is 9.59 Å². The fraction of sp³-hybridized carbons (Fsp3) is 0.273. The highest BCUT2D eigenvalue weighted by Crippen LogP contribution is 2.23. The second-order valence-electron chi connectivity index (χ2n) is 7.56. The molecule has 1 fully saturated rings. The van der Waals surface area contributed by atoms with Gasteiger partial charge in [0.15, 0.2) is 0 Å². The summed E-state index contributed by atoms with van der Waals surface area (Å²) in [6.45, 7) is 0.860. The summed E-state index contributed by atoms with van der Waals surface area (Å²) in [7, 11) is 1.69. The number of pyridine rings is 2. The van der Waals surface area contributed by atoms with Crippen molar-refractivity contribution in [3.8, 4) is 0 Å². The maximum atomic E-state index is 12.9. The number of fused-ring (bicyclic) bond motifs is 1. The average molecular weight is 440 g/mol. The lowest BCUT2D eigenvalue weighted by atomic mass is 9.97. The minimum atomic E-state index is -0.336. The van der Waals surface area contributed by atoms with E-state index < -0.39 is 0 Å². The second kappa shape index (κ2) is 8.77. The number of benzene rings is 1. The number of nitrogens with one attached hydrogen (secondary N) is 2. The minimum absolute atomic E-state index is 0.126. The lowest BCUT2D eigenvalue weighted by Gasteiger charge is -2.32. The number of urea groups is 1. The molecule has 0 bridgehead atoms. The summed E-state index contributed by atoms with van der Waals surface area (Å²) >= 11 is 5.83. The number of hydrogen-bond donors (Lipinski definition) is 2. The molecule has 2 aromatic heterocycles. The van der Waals surface area contributed by atoms with Gasteiger partial charge in [0.25, 0.3) is 5.56 Å². The fourth-order valence-corrected chi connectivity index (χ4v) is 3.84. The maximum absolute atomic E-state index is 12.9. The van der Waals surface area contributed by atoms with Crippen LogP contribution in [0.2, 0.25) is 5.02 Å². The molecule has 2 N–H and O–H groups in total. The normalized spacial score (nSPS) is 16.2. The van der Waals surface area contributed by atoms with E-state index in [0.717, 1.165) is 6.42 Å². The highest BCUT2D eigenvalue weighted by molar-refractivity contribution is 6.30. The zero-order chi connectivity index (χ0) is 22.0. The van der Waals surface area contributed by atoms with Crippen LogP contribution in [-0.4, -0.2) is 39.5 Å². The Morgan fingerprint density at radius 3 is 2.74 bits per heavy atom. The number of nitrogens with zero attached hydrogens (tertiary/aromatic N) is 3. The van der Waals surface area contributed by atoms with Crippen LogP contribution in [0.1, 0.15) is 12.8 Å². The Kier molecular flexibility index (Phi) is 5.90. The zero-order valence-electron chi connectivity index (χ0n) is 17.0. The van der Waals surface area contributed by atoms with Gasteiger partial charge in [0.2, 0.25) is 5.91 Å². The number of rotatable bonds is 3. The Labute approximate surface area is 183 Å². The van der Waals surface area contributed by atoms with Crippen LogP contribution in [0.15, 0.2) is 53.6 Å². The van der Waals surface area contributed by atoms with E-state index in [4.69, 9.17) is 11.6 Å². The van der Waals surface area contributed by atoms with Crippen molar-refractivity contribution >= 4 is 45.8 Å². The van der Waals surface area contributed by atoms with Crippen LogP contribution in [0.5, 0.6) is 0 Å². The molecule has 1 unspecified atom stereocenters. The van der Waals surface area contributed by atoms with Crippen molar-refractivity contribution in [3.63, 3.8) is 0 Å². The van der Waals surface area contributed by atoms with Crippen molar-refractivity contribution in [2.45, 2.75) is 12.8 Å². The lowest BCUT2D eigenvalue weighted by Crippen LogP contribution is -2.45. The Morgan fingerprint density at radius 1 is 1.13 bits per heavy atom. The third-order valence-corrected chi connectivity index (χ3v) is 5.64. The number of likely N-dealkylation sites (tertiary alicyclic amines) is 1. The van der Waals surface area contributed by atoms with Crippen LogP contribution in [0, 0.1) is 5.92 Å². The third kappa shape index (κ3) is 4.54. The zero-order valence-corrected chi connectivity index (χ0v) is 17.7. The fourth-order valence-electron chi connectivity index (χ4n) is 3.73. The first-order valence-corrected chi connectivity index (χ1v) is 10.4. The van der Waals surface area contributed by atoms with Gasteiger partial charge < -0.3 is 20.1 Å². The highest BCUT2D eigenvalue weighted by atomic mass is 35.5. The maximum Gasteiger partial charge on any atom is 0.321 e. The summed E-state index contributed by atoms with van der Waals surface area (Å²) < 4.78 is 1.50. The Bertz CT molecular complexity index is 1190. The average Bonchev–Trinajstić information content (AvgIpc) is 2.78. The molecule has 3 amide bonds. The van der Waals surface area contributed by atoms with Gasteiger partial charge in [-0.1, -0.05) is 17.7 Å².